The number of halogens is 1. The van der Waals surface area contributed by atoms with Crippen molar-refractivity contribution >= 4 is 6.21 Å². The second-order valence-electron chi connectivity index (χ2n) is 2.52. The van der Waals surface area contributed by atoms with Crippen molar-refractivity contribution < 1.29 is 9.23 Å². The minimum absolute atomic E-state index is 0.318. The lowest BCUT2D eigenvalue weighted by Crippen LogP contribution is -1.89. The van der Waals surface area contributed by atoms with E-state index in [1.54, 1.807) is 18.2 Å². The van der Waals surface area contributed by atoms with Crippen LogP contribution < -0.4 is 0 Å². The van der Waals surface area contributed by atoms with Crippen LogP contribution >= 0.6 is 0 Å². The first-order chi connectivity index (χ1) is 6.34. The van der Waals surface area contributed by atoms with Gasteiger partial charge in [0.1, 0.15) is 18.6 Å². The zero-order chi connectivity index (χ0) is 9.52. The number of rotatable bonds is 4. The van der Waals surface area contributed by atoms with Gasteiger partial charge in [-0.25, -0.2) is 4.39 Å². The van der Waals surface area contributed by atoms with Gasteiger partial charge in [-0.15, -0.1) is 0 Å². The Kier molecular flexibility index (Phi) is 3.96. The highest BCUT2D eigenvalue weighted by Gasteiger charge is 1.96. The Hall–Kier alpha value is -1.38. The predicted octanol–water partition coefficient (Wildman–Crippen LogP) is 2.46. The molecule has 0 atom stereocenters. The average Bonchev–Trinajstić information content (AvgIpc) is 2.15. The summed E-state index contributed by atoms with van der Waals surface area (Å²) in [5, 5.41) is 3.50. The maximum Gasteiger partial charge on any atom is 0.142 e. The molecule has 0 saturated carbocycles. The van der Waals surface area contributed by atoms with E-state index in [-0.39, 0.29) is 5.82 Å². The molecule has 0 spiro atoms. The first-order valence-electron chi connectivity index (χ1n) is 4.17. The van der Waals surface area contributed by atoms with Crippen molar-refractivity contribution in [2.45, 2.75) is 13.3 Å². The Labute approximate surface area is 77.0 Å². The highest BCUT2D eigenvalue weighted by molar-refractivity contribution is 5.79. The predicted molar refractivity (Wildman–Crippen MR) is 49.2 cm³/mol. The SMILES string of the molecule is CCCO/N=[C]\c1ccccc1F. The molecule has 0 fully saturated rings. The molecule has 1 aromatic rings. The fraction of sp³-hybridized carbons (Fsp3) is 0.300. The summed E-state index contributed by atoms with van der Waals surface area (Å²) in [4.78, 5) is 4.79. The summed E-state index contributed by atoms with van der Waals surface area (Å²) < 4.78 is 12.9. The number of nitrogens with zero attached hydrogens (tertiary/aromatic N) is 1. The minimum atomic E-state index is -0.341. The van der Waals surface area contributed by atoms with Gasteiger partial charge in [-0.2, -0.15) is 0 Å². The summed E-state index contributed by atoms with van der Waals surface area (Å²) in [6, 6.07) is 6.29. The van der Waals surface area contributed by atoms with Crippen molar-refractivity contribution in [2.75, 3.05) is 6.61 Å². The van der Waals surface area contributed by atoms with Gasteiger partial charge in [0.2, 0.25) is 0 Å². The molecule has 0 N–H and O–H groups in total. The largest absolute Gasteiger partial charge is 0.395 e. The summed E-state index contributed by atoms with van der Waals surface area (Å²) in [6.45, 7) is 2.50. The van der Waals surface area contributed by atoms with Crippen molar-refractivity contribution in [3.05, 3.63) is 35.6 Å². The molecule has 1 aromatic carbocycles. The van der Waals surface area contributed by atoms with Gasteiger partial charge >= 0.3 is 0 Å². The molecular formula is C10H11FNO. The third kappa shape index (κ3) is 3.23. The Bertz CT molecular complexity index is 286. The van der Waals surface area contributed by atoms with Crippen LogP contribution in [0.1, 0.15) is 18.9 Å². The molecule has 1 radical (unpaired) electrons. The lowest BCUT2D eigenvalue weighted by molar-refractivity contribution is 0.146. The van der Waals surface area contributed by atoms with Crippen molar-refractivity contribution in [1.29, 1.82) is 0 Å². The van der Waals surface area contributed by atoms with E-state index in [1.165, 1.54) is 6.07 Å². The molecule has 0 aliphatic rings. The van der Waals surface area contributed by atoms with Crippen LogP contribution in [0, 0.1) is 5.82 Å². The first-order valence-corrected chi connectivity index (χ1v) is 4.17. The molecule has 3 heteroatoms. The van der Waals surface area contributed by atoms with Gasteiger partial charge in [-0.1, -0.05) is 24.2 Å². The van der Waals surface area contributed by atoms with E-state index in [2.05, 4.69) is 11.4 Å². The fourth-order valence-electron chi connectivity index (χ4n) is 0.770. The molecule has 13 heavy (non-hydrogen) atoms. The van der Waals surface area contributed by atoms with E-state index in [9.17, 15) is 4.39 Å². The molecule has 0 amide bonds. The second kappa shape index (κ2) is 5.30. The van der Waals surface area contributed by atoms with Crippen LogP contribution in [-0.2, 0) is 4.84 Å². The van der Waals surface area contributed by atoms with Gasteiger partial charge in [-0.3, -0.25) is 0 Å². The summed E-state index contributed by atoms with van der Waals surface area (Å²) >= 11 is 0. The van der Waals surface area contributed by atoms with Crippen molar-refractivity contribution in [2.24, 2.45) is 5.16 Å². The molecule has 0 unspecified atom stereocenters. The lowest BCUT2D eigenvalue weighted by Gasteiger charge is -1.94. The molecule has 0 aromatic heterocycles. The number of benzene rings is 1. The highest BCUT2D eigenvalue weighted by atomic mass is 19.1. The van der Waals surface area contributed by atoms with E-state index in [1.807, 2.05) is 6.92 Å². The maximum atomic E-state index is 12.9. The zero-order valence-electron chi connectivity index (χ0n) is 7.46. The Morgan fingerprint density at radius 2 is 2.23 bits per heavy atom. The van der Waals surface area contributed by atoms with Crippen LogP contribution in [0.5, 0.6) is 0 Å². The van der Waals surface area contributed by atoms with E-state index in [0.29, 0.717) is 12.2 Å². The quantitative estimate of drug-likeness (QED) is 0.396. The zero-order valence-corrected chi connectivity index (χ0v) is 7.46. The molecule has 1 rings (SSSR count). The standard InChI is InChI=1S/C10H11FNO/c1-2-7-13-12-8-9-5-3-4-6-10(9)11/h3-6H,2,7H2,1H3. The summed E-state index contributed by atoms with van der Waals surface area (Å²) in [5.41, 5.74) is 0.318. The summed E-state index contributed by atoms with van der Waals surface area (Å²) in [6.07, 6.45) is 3.35. The van der Waals surface area contributed by atoms with E-state index in [4.69, 9.17) is 4.84 Å². The highest BCUT2D eigenvalue weighted by Crippen LogP contribution is 2.02. The average molecular weight is 180 g/mol. The van der Waals surface area contributed by atoms with Crippen LogP contribution in [0.3, 0.4) is 0 Å². The number of hydrogen-bond donors (Lipinski definition) is 0. The van der Waals surface area contributed by atoms with Gasteiger partial charge in [0, 0.05) is 5.56 Å². The van der Waals surface area contributed by atoms with Crippen molar-refractivity contribution in [1.82, 2.24) is 0 Å². The van der Waals surface area contributed by atoms with Gasteiger partial charge in [-0.05, 0) is 18.6 Å². The fourth-order valence-corrected chi connectivity index (χ4v) is 0.770. The van der Waals surface area contributed by atoms with Crippen LogP contribution in [-0.4, -0.2) is 12.8 Å². The van der Waals surface area contributed by atoms with Gasteiger partial charge < -0.3 is 4.84 Å². The van der Waals surface area contributed by atoms with Crippen LogP contribution in [0.15, 0.2) is 29.4 Å². The third-order valence-corrected chi connectivity index (χ3v) is 1.40. The first kappa shape index (κ1) is 9.71. The molecule has 0 aliphatic heterocycles. The van der Waals surface area contributed by atoms with Crippen molar-refractivity contribution in [3.8, 4) is 0 Å². The van der Waals surface area contributed by atoms with Crippen LogP contribution in [0.2, 0.25) is 0 Å². The van der Waals surface area contributed by atoms with E-state index in [0.717, 1.165) is 6.42 Å². The lowest BCUT2D eigenvalue weighted by atomic mass is 10.2. The third-order valence-electron chi connectivity index (χ3n) is 1.40. The Morgan fingerprint density at radius 1 is 1.46 bits per heavy atom. The van der Waals surface area contributed by atoms with Gasteiger partial charge in [0.15, 0.2) is 0 Å². The molecule has 0 saturated heterocycles. The second-order valence-corrected chi connectivity index (χ2v) is 2.52. The molecule has 0 aliphatic carbocycles. The minimum Gasteiger partial charge on any atom is -0.395 e. The van der Waals surface area contributed by atoms with E-state index >= 15 is 0 Å². The summed E-state index contributed by atoms with van der Waals surface area (Å²) in [7, 11) is 0. The topological polar surface area (TPSA) is 21.6 Å². The van der Waals surface area contributed by atoms with E-state index < -0.39 is 0 Å². The normalized spacial score (nSPS) is 10.6. The van der Waals surface area contributed by atoms with Crippen LogP contribution in [0.25, 0.3) is 0 Å². The Balaban J connectivity index is 2.53. The van der Waals surface area contributed by atoms with Gasteiger partial charge in [0.25, 0.3) is 0 Å². The monoisotopic (exact) mass is 180 g/mol. The number of hydrogen-bond acceptors (Lipinski definition) is 2. The molecule has 69 valence electrons. The molecular weight excluding hydrogens is 169 g/mol. The molecule has 0 heterocycles. The van der Waals surface area contributed by atoms with Gasteiger partial charge in [0.05, 0.1) is 0 Å². The molecule has 2 nitrogen and oxygen atoms in total. The Morgan fingerprint density at radius 3 is 2.92 bits per heavy atom. The van der Waals surface area contributed by atoms with Crippen LogP contribution in [0.4, 0.5) is 4.39 Å². The summed E-state index contributed by atoms with van der Waals surface area (Å²) in [5.74, 6) is -0.341. The molecule has 0 bridgehead atoms. The maximum absolute atomic E-state index is 12.9. The van der Waals surface area contributed by atoms with Crippen molar-refractivity contribution in [3.63, 3.8) is 0 Å². The smallest absolute Gasteiger partial charge is 0.142 e.